The van der Waals surface area contributed by atoms with E-state index in [9.17, 15) is 4.79 Å². The summed E-state index contributed by atoms with van der Waals surface area (Å²) in [5, 5.41) is 9.88. The first-order chi connectivity index (χ1) is 10.00. The molecule has 1 saturated carbocycles. The van der Waals surface area contributed by atoms with Crippen molar-refractivity contribution < 1.29 is 9.90 Å². The SMILES string of the molecule is CN1CCC(c2ccc(C3(CC(=O)O)CC3)cc2Cl)CC1. The van der Waals surface area contributed by atoms with Crippen LogP contribution >= 0.6 is 11.6 Å². The second-order valence-corrected chi connectivity index (χ2v) is 7.07. The molecule has 0 bridgehead atoms. The molecule has 0 unspecified atom stereocenters. The van der Waals surface area contributed by atoms with Gasteiger partial charge in [0.15, 0.2) is 0 Å². The Morgan fingerprint density at radius 2 is 2.05 bits per heavy atom. The Balaban J connectivity index is 1.79. The molecule has 1 aliphatic heterocycles. The van der Waals surface area contributed by atoms with Crippen molar-refractivity contribution in [1.29, 1.82) is 0 Å². The van der Waals surface area contributed by atoms with Gasteiger partial charge in [-0.05, 0) is 68.9 Å². The van der Waals surface area contributed by atoms with Gasteiger partial charge in [-0.1, -0.05) is 23.7 Å². The molecule has 4 heteroatoms. The zero-order chi connectivity index (χ0) is 15.0. The van der Waals surface area contributed by atoms with Crippen LogP contribution in [0.15, 0.2) is 18.2 Å². The minimum Gasteiger partial charge on any atom is -0.481 e. The molecule has 2 fully saturated rings. The van der Waals surface area contributed by atoms with Gasteiger partial charge < -0.3 is 10.0 Å². The number of hydrogen-bond donors (Lipinski definition) is 1. The maximum absolute atomic E-state index is 11.0. The predicted octanol–water partition coefficient (Wildman–Crippen LogP) is 3.66. The molecule has 1 aromatic rings. The van der Waals surface area contributed by atoms with Gasteiger partial charge >= 0.3 is 5.97 Å². The highest BCUT2D eigenvalue weighted by Gasteiger charge is 2.46. The monoisotopic (exact) mass is 307 g/mol. The second-order valence-electron chi connectivity index (χ2n) is 6.66. The minimum atomic E-state index is -0.719. The first-order valence-electron chi connectivity index (χ1n) is 7.70. The van der Waals surface area contributed by atoms with Crippen LogP contribution in [0.5, 0.6) is 0 Å². The van der Waals surface area contributed by atoms with Gasteiger partial charge in [-0.15, -0.1) is 0 Å². The Hall–Kier alpha value is -1.06. The topological polar surface area (TPSA) is 40.5 Å². The Labute approximate surface area is 130 Å². The summed E-state index contributed by atoms with van der Waals surface area (Å²) in [6.07, 6.45) is 4.44. The lowest BCUT2D eigenvalue weighted by molar-refractivity contribution is -0.137. The molecule has 21 heavy (non-hydrogen) atoms. The van der Waals surface area contributed by atoms with Gasteiger partial charge in [-0.25, -0.2) is 0 Å². The number of nitrogens with zero attached hydrogens (tertiary/aromatic N) is 1. The molecule has 1 aromatic carbocycles. The molecular formula is C17H22ClNO2. The van der Waals surface area contributed by atoms with Crippen LogP contribution in [-0.4, -0.2) is 36.1 Å². The van der Waals surface area contributed by atoms with E-state index in [2.05, 4.69) is 24.1 Å². The van der Waals surface area contributed by atoms with Crippen molar-refractivity contribution in [2.75, 3.05) is 20.1 Å². The van der Waals surface area contributed by atoms with Crippen LogP contribution in [0.2, 0.25) is 5.02 Å². The van der Waals surface area contributed by atoms with Crippen LogP contribution in [0.1, 0.15) is 49.1 Å². The van der Waals surface area contributed by atoms with Gasteiger partial charge in [-0.3, -0.25) is 4.79 Å². The van der Waals surface area contributed by atoms with E-state index in [1.165, 1.54) is 5.56 Å². The molecule has 0 amide bonds. The maximum Gasteiger partial charge on any atom is 0.304 e. The normalized spacial score (nSPS) is 22.2. The summed E-state index contributed by atoms with van der Waals surface area (Å²) in [4.78, 5) is 13.4. The van der Waals surface area contributed by atoms with E-state index >= 15 is 0 Å². The minimum absolute atomic E-state index is 0.152. The van der Waals surface area contributed by atoms with E-state index in [-0.39, 0.29) is 11.8 Å². The Morgan fingerprint density at radius 3 is 2.57 bits per heavy atom. The van der Waals surface area contributed by atoms with Gasteiger partial charge in [0.2, 0.25) is 0 Å². The Morgan fingerprint density at radius 1 is 1.38 bits per heavy atom. The molecule has 0 spiro atoms. The highest BCUT2D eigenvalue weighted by molar-refractivity contribution is 6.31. The lowest BCUT2D eigenvalue weighted by atomic mass is 9.86. The maximum atomic E-state index is 11.0. The quantitative estimate of drug-likeness (QED) is 0.923. The average Bonchev–Trinajstić information content (AvgIpc) is 3.20. The molecule has 1 N–H and O–H groups in total. The highest BCUT2D eigenvalue weighted by Crippen LogP contribution is 2.52. The van der Waals surface area contributed by atoms with Gasteiger partial charge in [0, 0.05) is 10.4 Å². The van der Waals surface area contributed by atoms with Gasteiger partial charge in [-0.2, -0.15) is 0 Å². The summed E-state index contributed by atoms with van der Waals surface area (Å²) in [5.41, 5.74) is 2.19. The molecule has 2 aliphatic rings. The van der Waals surface area contributed by atoms with E-state index in [0.717, 1.165) is 49.4 Å². The number of carboxylic acids is 1. The fraction of sp³-hybridized carbons (Fsp3) is 0.588. The standard InChI is InChI=1S/C17H22ClNO2/c1-19-8-4-12(5-9-19)14-3-2-13(10-15(14)18)17(6-7-17)11-16(20)21/h2-3,10,12H,4-9,11H2,1H3,(H,20,21). The highest BCUT2D eigenvalue weighted by atomic mass is 35.5. The predicted molar refractivity (Wildman–Crippen MR) is 84.1 cm³/mol. The van der Waals surface area contributed by atoms with Crippen LogP contribution in [0.3, 0.4) is 0 Å². The lowest BCUT2D eigenvalue weighted by Crippen LogP contribution is -2.29. The average molecular weight is 308 g/mol. The lowest BCUT2D eigenvalue weighted by Gasteiger charge is -2.30. The molecule has 0 aromatic heterocycles. The zero-order valence-electron chi connectivity index (χ0n) is 12.4. The third kappa shape index (κ3) is 3.09. The van der Waals surface area contributed by atoms with Crippen LogP contribution in [0.25, 0.3) is 0 Å². The number of carboxylic acid groups (broad SMARTS) is 1. The number of aliphatic carboxylic acids is 1. The van der Waals surface area contributed by atoms with Gasteiger partial charge in [0.25, 0.3) is 0 Å². The summed E-state index contributed by atoms with van der Waals surface area (Å²) in [6.45, 7) is 2.23. The van der Waals surface area contributed by atoms with E-state index in [1.54, 1.807) is 0 Å². The van der Waals surface area contributed by atoms with Gasteiger partial charge in [0.05, 0.1) is 6.42 Å². The second kappa shape index (κ2) is 5.62. The number of likely N-dealkylation sites (tertiary alicyclic amines) is 1. The summed E-state index contributed by atoms with van der Waals surface area (Å²) in [6, 6.07) is 6.26. The molecule has 3 rings (SSSR count). The summed E-state index contributed by atoms with van der Waals surface area (Å²) in [7, 11) is 2.16. The molecule has 0 radical (unpaired) electrons. The molecular weight excluding hydrogens is 286 g/mol. The van der Waals surface area contributed by atoms with Crippen molar-refractivity contribution in [3.8, 4) is 0 Å². The number of rotatable bonds is 4. The van der Waals surface area contributed by atoms with Gasteiger partial charge in [0.1, 0.15) is 0 Å². The van der Waals surface area contributed by atoms with Crippen molar-refractivity contribution in [1.82, 2.24) is 4.90 Å². The largest absolute Gasteiger partial charge is 0.481 e. The smallest absolute Gasteiger partial charge is 0.304 e. The summed E-state index contributed by atoms with van der Waals surface area (Å²) >= 11 is 6.51. The fourth-order valence-electron chi connectivity index (χ4n) is 3.52. The van der Waals surface area contributed by atoms with Crippen LogP contribution in [0.4, 0.5) is 0 Å². The number of benzene rings is 1. The fourth-order valence-corrected chi connectivity index (χ4v) is 3.85. The molecule has 3 nitrogen and oxygen atoms in total. The third-order valence-electron chi connectivity index (χ3n) is 5.11. The molecule has 114 valence electrons. The number of halogens is 1. The first-order valence-corrected chi connectivity index (χ1v) is 8.08. The molecule has 1 heterocycles. The number of piperidine rings is 1. The van der Waals surface area contributed by atoms with E-state index in [1.807, 2.05) is 6.07 Å². The Kier molecular flexibility index (Phi) is 3.98. The summed E-state index contributed by atoms with van der Waals surface area (Å²) in [5.74, 6) is -0.180. The van der Waals surface area contributed by atoms with Crippen LogP contribution < -0.4 is 0 Å². The van der Waals surface area contributed by atoms with Crippen molar-refractivity contribution in [3.63, 3.8) is 0 Å². The third-order valence-corrected chi connectivity index (χ3v) is 5.44. The van der Waals surface area contributed by atoms with Crippen molar-refractivity contribution >= 4 is 17.6 Å². The first kappa shape index (κ1) is 14.9. The van der Waals surface area contributed by atoms with E-state index in [4.69, 9.17) is 16.7 Å². The van der Waals surface area contributed by atoms with Crippen molar-refractivity contribution in [2.24, 2.45) is 0 Å². The van der Waals surface area contributed by atoms with Crippen molar-refractivity contribution in [3.05, 3.63) is 34.3 Å². The van der Waals surface area contributed by atoms with Crippen LogP contribution in [0, 0.1) is 0 Å². The molecule has 0 atom stereocenters. The van der Waals surface area contributed by atoms with Crippen LogP contribution in [-0.2, 0) is 10.2 Å². The Bertz CT molecular complexity index is 546. The molecule has 1 saturated heterocycles. The number of hydrogen-bond acceptors (Lipinski definition) is 2. The summed E-state index contributed by atoms with van der Waals surface area (Å²) < 4.78 is 0. The molecule has 1 aliphatic carbocycles. The van der Waals surface area contributed by atoms with E-state index < -0.39 is 5.97 Å². The number of carbonyl (C=O) groups is 1. The van der Waals surface area contributed by atoms with Crippen molar-refractivity contribution in [2.45, 2.75) is 43.4 Å². The zero-order valence-corrected chi connectivity index (χ0v) is 13.2. The van der Waals surface area contributed by atoms with E-state index in [0.29, 0.717) is 5.92 Å².